The summed E-state index contributed by atoms with van der Waals surface area (Å²) in [4.78, 5) is 0. The molecular formula is C11H16Cl3N. The smallest absolute Gasteiger partial charge is 0.0468 e. The van der Waals surface area contributed by atoms with Gasteiger partial charge in [0.15, 0.2) is 0 Å². The number of rotatable bonds is 3. The Balaban J connectivity index is 0.00000196. The van der Waals surface area contributed by atoms with Gasteiger partial charge in [0.2, 0.25) is 0 Å². The van der Waals surface area contributed by atoms with Crippen molar-refractivity contribution in [1.82, 2.24) is 0 Å². The van der Waals surface area contributed by atoms with Crippen molar-refractivity contribution in [2.45, 2.75) is 26.3 Å². The molecule has 1 rings (SSSR count). The van der Waals surface area contributed by atoms with Crippen LogP contribution in [0.5, 0.6) is 0 Å². The predicted molar refractivity (Wildman–Crippen MR) is 70.1 cm³/mol. The molecule has 0 saturated heterocycles. The summed E-state index contributed by atoms with van der Waals surface area (Å²) in [6.45, 7) is 4.29. The molecule has 0 unspecified atom stereocenters. The van der Waals surface area contributed by atoms with Gasteiger partial charge >= 0.3 is 0 Å². The zero-order chi connectivity index (χ0) is 10.7. The average molecular weight is 269 g/mol. The van der Waals surface area contributed by atoms with Crippen LogP contribution in [0.3, 0.4) is 0 Å². The van der Waals surface area contributed by atoms with Crippen LogP contribution in [-0.2, 0) is 0 Å². The Kier molecular flexibility index (Phi) is 6.62. The van der Waals surface area contributed by atoms with E-state index in [-0.39, 0.29) is 18.4 Å². The molecule has 1 nitrogen and oxygen atoms in total. The summed E-state index contributed by atoms with van der Waals surface area (Å²) in [6.07, 6.45) is 0.932. The molecule has 0 aliphatic rings. The van der Waals surface area contributed by atoms with E-state index in [0.717, 1.165) is 12.0 Å². The lowest BCUT2D eigenvalue weighted by molar-refractivity contribution is 0.510. The lowest BCUT2D eigenvalue weighted by Gasteiger charge is -2.15. The van der Waals surface area contributed by atoms with Crippen molar-refractivity contribution in [1.29, 1.82) is 0 Å². The molecular weight excluding hydrogens is 252 g/mol. The molecule has 1 aromatic rings. The number of hydrogen-bond donors (Lipinski definition) is 1. The summed E-state index contributed by atoms with van der Waals surface area (Å²) < 4.78 is 0. The highest BCUT2D eigenvalue weighted by Gasteiger charge is 2.11. The van der Waals surface area contributed by atoms with E-state index >= 15 is 0 Å². The minimum atomic E-state index is -0.000216. The maximum absolute atomic E-state index is 6.04. The third kappa shape index (κ3) is 4.60. The molecule has 2 N–H and O–H groups in total. The second-order valence-electron chi connectivity index (χ2n) is 3.90. The van der Waals surface area contributed by atoms with Crippen LogP contribution >= 0.6 is 35.6 Å². The van der Waals surface area contributed by atoms with Crippen LogP contribution in [0.4, 0.5) is 0 Å². The lowest BCUT2D eigenvalue weighted by Crippen LogP contribution is -2.13. The van der Waals surface area contributed by atoms with Gasteiger partial charge in [-0.15, -0.1) is 12.4 Å². The normalized spacial score (nSPS) is 12.4. The molecule has 0 fully saturated rings. The lowest BCUT2D eigenvalue weighted by atomic mass is 9.98. The summed E-state index contributed by atoms with van der Waals surface area (Å²) >= 11 is 11.8. The predicted octanol–water partition coefficient (Wildman–Crippen LogP) is 4.46. The van der Waals surface area contributed by atoms with Gasteiger partial charge in [-0.2, -0.15) is 0 Å². The van der Waals surface area contributed by atoms with Gasteiger partial charge in [-0.3, -0.25) is 0 Å². The first-order valence-corrected chi connectivity index (χ1v) is 5.47. The Morgan fingerprint density at radius 1 is 1.27 bits per heavy atom. The first kappa shape index (κ1) is 15.0. The molecule has 0 saturated carbocycles. The SMILES string of the molecule is CC(C)C[C@H](N)c1ccc(Cl)cc1Cl.Cl. The Morgan fingerprint density at radius 2 is 1.87 bits per heavy atom. The summed E-state index contributed by atoms with van der Waals surface area (Å²) in [5.41, 5.74) is 7.00. The van der Waals surface area contributed by atoms with Crippen LogP contribution in [0.25, 0.3) is 0 Å². The van der Waals surface area contributed by atoms with Crippen molar-refractivity contribution < 1.29 is 0 Å². The first-order valence-electron chi connectivity index (χ1n) is 4.71. The maximum Gasteiger partial charge on any atom is 0.0468 e. The fourth-order valence-corrected chi connectivity index (χ4v) is 1.99. The zero-order valence-corrected chi connectivity index (χ0v) is 11.2. The van der Waals surface area contributed by atoms with Crippen molar-refractivity contribution in [3.8, 4) is 0 Å². The van der Waals surface area contributed by atoms with Crippen LogP contribution in [0, 0.1) is 5.92 Å². The molecule has 0 heterocycles. The van der Waals surface area contributed by atoms with Gasteiger partial charge in [0, 0.05) is 16.1 Å². The topological polar surface area (TPSA) is 26.0 Å². The number of nitrogens with two attached hydrogens (primary N) is 1. The van der Waals surface area contributed by atoms with E-state index < -0.39 is 0 Å². The monoisotopic (exact) mass is 267 g/mol. The Hall–Kier alpha value is 0.0500. The van der Waals surface area contributed by atoms with E-state index in [2.05, 4.69) is 13.8 Å². The van der Waals surface area contributed by atoms with E-state index in [1.54, 1.807) is 6.07 Å². The molecule has 15 heavy (non-hydrogen) atoms. The Labute approximate surface area is 107 Å². The Morgan fingerprint density at radius 3 is 2.33 bits per heavy atom. The Bertz CT molecular complexity index is 313. The quantitative estimate of drug-likeness (QED) is 0.860. The second-order valence-corrected chi connectivity index (χ2v) is 4.75. The van der Waals surface area contributed by atoms with Crippen LogP contribution in [0.1, 0.15) is 31.9 Å². The molecule has 1 atom stereocenters. The number of benzene rings is 1. The summed E-state index contributed by atoms with van der Waals surface area (Å²) in [5.74, 6) is 0.566. The molecule has 0 aliphatic carbocycles. The molecule has 4 heteroatoms. The molecule has 0 aromatic heterocycles. The van der Waals surface area contributed by atoms with E-state index in [1.807, 2.05) is 12.1 Å². The molecule has 86 valence electrons. The molecule has 0 bridgehead atoms. The minimum Gasteiger partial charge on any atom is -0.324 e. The molecule has 1 aromatic carbocycles. The van der Waals surface area contributed by atoms with Crippen molar-refractivity contribution in [2.24, 2.45) is 11.7 Å². The van der Waals surface area contributed by atoms with Gasteiger partial charge in [-0.25, -0.2) is 0 Å². The zero-order valence-electron chi connectivity index (χ0n) is 8.84. The third-order valence-electron chi connectivity index (χ3n) is 2.09. The van der Waals surface area contributed by atoms with Crippen molar-refractivity contribution in [3.05, 3.63) is 33.8 Å². The standard InChI is InChI=1S/C11H15Cl2N.ClH/c1-7(2)5-11(14)9-4-3-8(12)6-10(9)13;/h3-4,6-7,11H,5,14H2,1-2H3;1H/t11-;/m0./s1. The van der Waals surface area contributed by atoms with E-state index in [1.165, 1.54) is 0 Å². The van der Waals surface area contributed by atoms with Crippen LogP contribution < -0.4 is 5.73 Å². The molecule has 0 amide bonds. The second kappa shape index (κ2) is 6.59. The summed E-state index contributed by atoms with van der Waals surface area (Å²) in [6, 6.07) is 5.46. The largest absolute Gasteiger partial charge is 0.324 e. The van der Waals surface area contributed by atoms with E-state index in [9.17, 15) is 0 Å². The van der Waals surface area contributed by atoms with E-state index in [4.69, 9.17) is 28.9 Å². The number of hydrogen-bond acceptors (Lipinski definition) is 1. The van der Waals surface area contributed by atoms with Gasteiger partial charge in [0.05, 0.1) is 0 Å². The highest BCUT2D eigenvalue weighted by Crippen LogP contribution is 2.28. The van der Waals surface area contributed by atoms with Crippen LogP contribution in [0.2, 0.25) is 10.0 Å². The van der Waals surface area contributed by atoms with Crippen LogP contribution in [0.15, 0.2) is 18.2 Å². The highest BCUT2D eigenvalue weighted by atomic mass is 35.5. The first-order chi connectivity index (χ1) is 6.50. The van der Waals surface area contributed by atoms with Crippen molar-refractivity contribution >= 4 is 35.6 Å². The highest BCUT2D eigenvalue weighted by molar-refractivity contribution is 6.35. The van der Waals surface area contributed by atoms with Gasteiger partial charge in [0.25, 0.3) is 0 Å². The third-order valence-corrected chi connectivity index (χ3v) is 2.65. The minimum absolute atomic E-state index is 0. The fraction of sp³-hybridized carbons (Fsp3) is 0.455. The average Bonchev–Trinajstić information content (AvgIpc) is 2.01. The van der Waals surface area contributed by atoms with Gasteiger partial charge < -0.3 is 5.73 Å². The van der Waals surface area contributed by atoms with Gasteiger partial charge in [-0.1, -0.05) is 43.1 Å². The molecule has 0 radical (unpaired) electrons. The fourth-order valence-electron chi connectivity index (χ4n) is 1.44. The summed E-state index contributed by atoms with van der Waals surface area (Å²) in [7, 11) is 0. The number of halogens is 3. The summed E-state index contributed by atoms with van der Waals surface area (Å²) in [5, 5.41) is 1.31. The van der Waals surface area contributed by atoms with Crippen molar-refractivity contribution in [2.75, 3.05) is 0 Å². The van der Waals surface area contributed by atoms with Gasteiger partial charge in [-0.05, 0) is 30.0 Å². The maximum atomic E-state index is 6.04. The van der Waals surface area contributed by atoms with Crippen LogP contribution in [-0.4, -0.2) is 0 Å². The van der Waals surface area contributed by atoms with E-state index in [0.29, 0.717) is 16.0 Å². The molecule has 0 spiro atoms. The molecule has 0 aliphatic heterocycles. The van der Waals surface area contributed by atoms with Gasteiger partial charge in [0.1, 0.15) is 0 Å². The van der Waals surface area contributed by atoms with Crippen molar-refractivity contribution in [3.63, 3.8) is 0 Å².